The highest BCUT2D eigenvalue weighted by atomic mass is 35.5. The maximum Gasteiger partial charge on any atom is 0.124 e. The van der Waals surface area contributed by atoms with Crippen LogP contribution >= 0.6 is 11.6 Å². The molecule has 2 atom stereocenters. The average Bonchev–Trinajstić information content (AvgIpc) is 2.37. The van der Waals surface area contributed by atoms with Crippen molar-refractivity contribution in [2.45, 2.75) is 26.0 Å². The topological polar surface area (TPSA) is 61.7 Å². The number of hydrogen-bond donors (Lipinski definition) is 3. The lowest BCUT2D eigenvalue weighted by molar-refractivity contribution is 0.0531. The Hall–Kier alpha value is -0.810. The number of benzene rings is 1. The van der Waals surface area contributed by atoms with Crippen LogP contribution in [0.5, 0.6) is 5.75 Å². The fourth-order valence-electron chi connectivity index (χ4n) is 1.64. The van der Waals surface area contributed by atoms with Crippen molar-refractivity contribution in [1.29, 1.82) is 0 Å². The molecule has 0 amide bonds. The van der Waals surface area contributed by atoms with Gasteiger partial charge in [-0.05, 0) is 31.7 Å². The molecule has 0 heterocycles. The highest BCUT2D eigenvalue weighted by Crippen LogP contribution is 2.28. The first-order chi connectivity index (χ1) is 8.58. The molecule has 0 spiro atoms. The zero-order valence-corrected chi connectivity index (χ0v) is 11.4. The second-order valence-electron chi connectivity index (χ2n) is 4.11. The minimum absolute atomic E-state index is 0.0595. The third kappa shape index (κ3) is 4.46. The smallest absolute Gasteiger partial charge is 0.124 e. The van der Waals surface area contributed by atoms with Gasteiger partial charge >= 0.3 is 0 Å². The number of ether oxygens (including phenoxy) is 1. The zero-order chi connectivity index (χ0) is 13.5. The number of aliphatic hydroxyl groups is 2. The molecule has 1 aromatic carbocycles. The predicted molar refractivity (Wildman–Crippen MR) is 72.1 cm³/mol. The molecule has 4 nitrogen and oxygen atoms in total. The molecule has 0 aliphatic carbocycles. The van der Waals surface area contributed by atoms with Gasteiger partial charge in [-0.2, -0.15) is 0 Å². The monoisotopic (exact) mass is 273 g/mol. The molecule has 0 saturated heterocycles. The molecule has 3 N–H and O–H groups in total. The zero-order valence-electron chi connectivity index (χ0n) is 10.7. The van der Waals surface area contributed by atoms with E-state index in [1.54, 1.807) is 12.1 Å². The summed E-state index contributed by atoms with van der Waals surface area (Å²) in [6.45, 7) is 4.63. The van der Waals surface area contributed by atoms with Gasteiger partial charge in [0, 0.05) is 16.6 Å². The Morgan fingerprint density at radius 3 is 2.78 bits per heavy atom. The van der Waals surface area contributed by atoms with Crippen LogP contribution in [0.4, 0.5) is 0 Å². The van der Waals surface area contributed by atoms with Crippen molar-refractivity contribution in [2.75, 3.05) is 19.8 Å². The summed E-state index contributed by atoms with van der Waals surface area (Å²) < 4.78 is 5.50. The summed E-state index contributed by atoms with van der Waals surface area (Å²) in [5.74, 6) is 0.667. The Labute approximate surface area is 113 Å². The largest absolute Gasteiger partial charge is 0.490 e. The van der Waals surface area contributed by atoms with E-state index in [0.717, 1.165) is 12.1 Å². The van der Waals surface area contributed by atoms with Gasteiger partial charge in [0.2, 0.25) is 0 Å². The SMILES string of the molecule is CCNC(C)c1cc(Cl)ccc1OCC(O)CO. The molecule has 0 saturated carbocycles. The van der Waals surface area contributed by atoms with Crippen LogP contribution < -0.4 is 10.1 Å². The van der Waals surface area contributed by atoms with Crippen molar-refractivity contribution in [3.8, 4) is 5.75 Å². The van der Waals surface area contributed by atoms with E-state index in [4.69, 9.17) is 21.4 Å². The second kappa shape index (κ2) is 7.59. The van der Waals surface area contributed by atoms with Gasteiger partial charge in [0.05, 0.1) is 6.61 Å². The minimum Gasteiger partial charge on any atom is -0.490 e. The van der Waals surface area contributed by atoms with Gasteiger partial charge in [0.25, 0.3) is 0 Å². The highest BCUT2D eigenvalue weighted by molar-refractivity contribution is 6.30. The maximum absolute atomic E-state index is 9.29. The van der Waals surface area contributed by atoms with E-state index in [9.17, 15) is 5.11 Å². The molecule has 1 aromatic rings. The third-order valence-electron chi connectivity index (χ3n) is 2.59. The number of rotatable bonds is 7. The van der Waals surface area contributed by atoms with Gasteiger partial charge in [-0.25, -0.2) is 0 Å². The quantitative estimate of drug-likeness (QED) is 0.708. The summed E-state index contributed by atoms with van der Waals surface area (Å²) >= 11 is 5.98. The van der Waals surface area contributed by atoms with E-state index in [1.165, 1.54) is 0 Å². The minimum atomic E-state index is -0.872. The highest BCUT2D eigenvalue weighted by Gasteiger charge is 2.13. The van der Waals surface area contributed by atoms with Crippen LogP contribution in [0.1, 0.15) is 25.5 Å². The van der Waals surface area contributed by atoms with Crippen LogP contribution in [-0.4, -0.2) is 36.1 Å². The summed E-state index contributed by atoms with van der Waals surface area (Å²) in [4.78, 5) is 0. The fourth-order valence-corrected chi connectivity index (χ4v) is 1.82. The van der Waals surface area contributed by atoms with Crippen LogP contribution in [0.2, 0.25) is 5.02 Å². The van der Waals surface area contributed by atoms with Crippen molar-refractivity contribution in [2.24, 2.45) is 0 Å². The van der Waals surface area contributed by atoms with E-state index in [-0.39, 0.29) is 19.3 Å². The molecule has 0 bridgehead atoms. The van der Waals surface area contributed by atoms with E-state index in [2.05, 4.69) is 5.32 Å². The molecule has 0 radical (unpaired) electrons. The van der Waals surface area contributed by atoms with Crippen molar-refractivity contribution < 1.29 is 14.9 Å². The van der Waals surface area contributed by atoms with Gasteiger partial charge in [0.15, 0.2) is 0 Å². The summed E-state index contributed by atoms with van der Waals surface area (Å²) in [6.07, 6.45) is -0.872. The Balaban J connectivity index is 2.82. The summed E-state index contributed by atoms with van der Waals surface area (Å²) in [5, 5.41) is 22.0. The van der Waals surface area contributed by atoms with E-state index < -0.39 is 6.10 Å². The predicted octanol–water partition coefficient (Wildman–Crippen LogP) is 1.74. The number of nitrogens with one attached hydrogen (secondary N) is 1. The first-order valence-electron chi connectivity index (χ1n) is 6.03. The summed E-state index contributed by atoms with van der Waals surface area (Å²) in [6, 6.07) is 5.46. The van der Waals surface area contributed by atoms with Gasteiger partial charge in [0.1, 0.15) is 18.5 Å². The Bertz CT molecular complexity index is 373. The molecule has 102 valence electrons. The Kier molecular flexibility index (Phi) is 6.43. The lowest BCUT2D eigenvalue weighted by Gasteiger charge is -2.19. The van der Waals surface area contributed by atoms with Gasteiger partial charge in [-0.3, -0.25) is 0 Å². The average molecular weight is 274 g/mol. The number of aliphatic hydroxyl groups excluding tert-OH is 2. The molecular formula is C13H20ClNO3. The van der Waals surface area contributed by atoms with Gasteiger partial charge in [-0.1, -0.05) is 18.5 Å². The van der Waals surface area contributed by atoms with Gasteiger partial charge < -0.3 is 20.3 Å². The van der Waals surface area contributed by atoms with Crippen molar-refractivity contribution in [1.82, 2.24) is 5.32 Å². The first-order valence-corrected chi connectivity index (χ1v) is 6.40. The van der Waals surface area contributed by atoms with Gasteiger partial charge in [-0.15, -0.1) is 0 Å². The lowest BCUT2D eigenvalue weighted by Crippen LogP contribution is -2.23. The van der Waals surface area contributed by atoms with E-state index in [0.29, 0.717) is 10.8 Å². The Morgan fingerprint density at radius 1 is 1.44 bits per heavy atom. The molecule has 0 fully saturated rings. The molecule has 0 aliphatic heterocycles. The summed E-state index contributed by atoms with van der Waals surface area (Å²) in [5.41, 5.74) is 0.939. The number of halogens is 1. The molecule has 18 heavy (non-hydrogen) atoms. The van der Waals surface area contributed by atoms with E-state index >= 15 is 0 Å². The molecule has 1 rings (SSSR count). The van der Waals surface area contributed by atoms with Crippen molar-refractivity contribution >= 4 is 11.6 Å². The molecular weight excluding hydrogens is 254 g/mol. The van der Waals surface area contributed by atoms with Crippen molar-refractivity contribution in [3.63, 3.8) is 0 Å². The number of hydrogen-bond acceptors (Lipinski definition) is 4. The summed E-state index contributed by atoms with van der Waals surface area (Å²) in [7, 11) is 0. The van der Waals surface area contributed by atoms with Crippen LogP contribution in [-0.2, 0) is 0 Å². The van der Waals surface area contributed by atoms with Crippen LogP contribution in [0, 0.1) is 0 Å². The first kappa shape index (κ1) is 15.2. The fraction of sp³-hybridized carbons (Fsp3) is 0.538. The second-order valence-corrected chi connectivity index (χ2v) is 4.55. The maximum atomic E-state index is 9.29. The van der Waals surface area contributed by atoms with Crippen LogP contribution in [0.3, 0.4) is 0 Å². The van der Waals surface area contributed by atoms with Crippen molar-refractivity contribution in [3.05, 3.63) is 28.8 Å². The molecule has 2 unspecified atom stereocenters. The normalized spacial score (nSPS) is 14.3. The molecule has 0 aromatic heterocycles. The van der Waals surface area contributed by atoms with Crippen LogP contribution in [0.25, 0.3) is 0 Å². The standard InChI is InChI=1S/C13H20ClNO3/c1-3-15-9(2)12-6-10(14)4-5-13(12)18-8-11(17)7-16/h4-6,9,11,15-17H,3,7-8H2,1-2H3. The third-order valence-corrected chi connectivity index (χ3v) is 2.83. The van der Waals surface area contributed by atoms with E-state index in [1.807, 2.05) is 19.9 Å². The molecule has 5 heteroatoms. The van der Waals surface area contributed by atoms with Crippen LogP contribution in [0.15, 0.2) is 18.2 Å². The Morgan fingerprint density at radius 2 is 2.17 bits per heavy atom. The molecule has 0 aliphatic rings. The lowest BCUT2D eigenvalue weighted by atomic mass is 10.1.